The minimum Gasteiger partial charge on any atom is -0.349 e. The number of anilines is 2. The first kappa shape index (κ1) is 17.8. The molecule has 0 saturated carbocycles. The Morgan fingerprint density at radius 2 is 1.96 bits per heavy atom. The molecule has 2 aromatic heterocycles. The Morgan fingerprint density at radius 3 is 2.69 bits per heavy atom. The molecular formula is C19H18ClN5O. The molecule has 7 heteroatoms. The van der Waals surface area contributed by atoms with Crippen LogP contribution in [0.25, 0.3) is 0 Å². The van der Waals surface area contributed by atoms with Gasteiger partial charge in [-0.25, -0.2) is 9.97 Å². The first-order valence-corrected chi connectivity index (χ1v) is 8.46. The zero-order valence-corrected chi connectivity index (χ0v) is 15.2. The van der Waals surface area contributed by atoms with Gasteiger partial charge in [0.2, 0.25) is 5.95 Å². The Balaban J connectivity index is 1.75. The minimum atomic E-state index is -0.304. The highest BCUT2D eigenvalue weighted by atomic mass is 35.5. The van der Waals surface area contributed by atoms with E-state index in [0.717, 1.165) is 11.3 Å². The molecule has 0 bridgehead atoms. The van der Waals surface area contributed by atoms with E-state index in [2.05, 4.69) is 25.6 Å². The average Bonchev–Trinajstić information content (AvgIpc) is 2.63. The molecule has 1 amide bonds. The molecule has 0 aliphatic rings. The molecule has 0 aliphatic carbocycles. The fraction of sp³-hybridized carbons (Fsp3) is 0.158. The van der Waals surface area contributed by atoms with Gasteiger partial charge in [0.15, 0.2) is 0 Å². The van der Waals surface area contributed by atoms with Crippen LogP contribution in [0.5, 0.6) is 0 Å². The number of hydrogen-bond acceptors (Lipinski definition) is 5. The van der Waals surface area contributed by atoms with E-state index < -0.39 is 0 Å². The van der Waals surface area contributed by atoms with Crippen molar-refractivity contribution in [2.75, 3.05) is 10.6 Å². The van der Waals surface area contributed by atoms with Crippen LogP contribution in [-0.4, -0.2) is 20.9 Å². The number of nitrogens with one attached hydrogen (secondary N) is 2. The number of pyridine rings is 1. The summed E-state index contributed by atoms with van der Waals surface area (Å²) in [6.07, 6.45) is 1.72. The molecule has 1 aromatic carbocycles. The Bertz CT molecular complexity index is 930. The van der Waals surface area contributed by atoms with Gasteiger partial charge in [0.05, 0.1) is 12.2 Å². The predicted octanol–water partition coefficient (Wildman–Crippen LogP) is 4.01. The SMILES string of the molecule is Cc1cc(C(=O)Nc2ccc(Cl)cc2C)nc(NCc2ccccn2)n1. The second-order valence-corrected chi connectivity index (χ2v) is 6.24. The molecule has 0 fully saturated rings. The Labute approximate surface area is 156 Å². The van der Waals surface area contributed by atoms with Crippen molar-refractivity contribution in [1.82, 2.24) is 15.0 Å². The number of carbonyl (C=O) groups is 1. The number of nitrogens with zero attached hydrogens (tertiary/aromatic N) is 3. The van der Waals surface area contributed by atoms with Gasteiger partial charge in [-0.3, -0.25) is 9.78 Å². The van der Waals surface area contributed by atoms with Crippen LogP contribution in [-0.2, 0) is 6.54 Å². The predicted molar refractivity (Wildman–Crippen MR) is 102 cm³/mol. The molecular weight excluding hydrogens is 350 g/mol. The highest BCUT2D eigenvalue weighted by Gasteiger charge is 2.12. The molecule has 26 heavy (non-hydrogen) atoms. The molecule has 3 rings (SSSR count). The van der Waals surface area contributed by atoms with Gasteiger partial charge in [0.1, 0.15) is 5.69 Å². The number of aromatic nitrogens is 3. The maximum absolute atomic E-state index is 12.6. The summed E-state index contributed by atoms with van der Waals surface area (Å²) >= 11 is 5.95. The molecule has 0 saturated heterocycles. The third-order valence-corrected chi connectivity index (χ3v) is 3.91. The van der Waals surface area contributed by atoms with Gasteiger partial charge in [-0.2, -0.15) is 0 Å². The van der Waals surface area contributed by atoms with Gasteiger partial charge < -0.3 is 10.6 Å². The van der Waals surface area contributed by atoms with Crippen LogP contribution in [0.15, 0.2) is 48.7 Å². The van der Waals surface area contributed by atoms with E-state index in [9.17, 15) is 4.79 Å². The summed E-state index contributed by atoms with van der Waals surface area (Å²) in [7, 11) is 0. The van der Waals surface area contributed by atoms with E-state index in [1.54, 1.807) is 30.5 Å². The molecule has 0 unspecified atom stereocenters. The topological polar surface area (TPSA) is 79.8 Å². The van der Waals surface area contributed by atoms with Crippen LogP contribution < -0.4 is 10.6 Å². The van der Waals surface area contributed by atoms with Crippen LogP contribution in [0.2, 0.25) is 5.02 Å². The number of hydrogen-bond donors (Lipinski definition) is 2. The van der Waals surface area contributed by atoms with Gasteiger partial charge in [-0.1, -0.05) is 17.7 Å². The lowest BCUT2D eigenvalue weighted by atomic mass is 10.2. The third-order valence-electron chi connectivity index (χ3n) is 3.68. The zero-order valence-electron chi connectivity index (χ0n) is 14.5. The quantitative estimate of drug-likeness (QED) is 0.712. The summed E-state index contributed by atoms with van der Waals surface area (Å²) in [5.74, 6) is 0.0791. The molecule has 0 radical (unpaired) electrons. The third kappa shape index (κ3) is 4.55. The summed E-state index contributed by atoms with van der Waals surface area (Å²) in [6, 6.07) is 12.6. The highest BCUT2D eigenvalue weighted by Crippen LogP contribution is 2.20. The first-order valence-electron chi connectivity index (χ1n) is 8.08. The van der Waals surface area contributed by atoms with E-state index in [4.69, 9.17) is 11.6 Å². The molecule has 6 nitrogen and oxygen atoms in total. The van der Waals surface area contributed by atoms with Crippen molar-refractivity contribution in [3.63, 3.8) is 0 Å². The number of aryl methyl sites for hydroxylation is 2. The summed E-state index contributed by atoms with van der Waals surface area (Å²) < 4.78 is 0. The lowest BCUT2D eigenvalue weighted by Crippen LogP contribution is -2.16. The fourth-order valence-corrected chi connectivity index (χ4v) is 2.62. The largest absolute Gasteiger partial charge is 0.349 e. The van der Waals surface area contributed by atoms with E-state index in [-0.39, 0.29) is 11.6 Å². The van der Waals surface area contributed by atoms with Crippen molar-refractivity contribution in [3.8, 4) is 0 Å². The zero-order chi connectivity index (χ0) is 18.5. The monoisotopic (exact) mass is 367 g/mol. The lowest BCUT2D eigenvalue weighted by molar-refractivity contribution is 0.102. The van der Waals surface area contributed by atoms with Crippen LogP contribution in [0.4, 0.5) is 11.6 Å². The summed E-state index contributed by atoms with van der Waals surface area (Å²) in [6.45, 7) is 4.17. The smallest absolute Gasteiger partial charge is 0.274 e. The van der Waals surface area contributed by atoms with E-state index in [1.807, 2.05) is 32.0 Å². The number of amides is 1. The molecule has 0 atom stereocenters. The summed E-state index contributed by atoms with van der Waals surface area (Å²) in [5.41, 5.74) is 3.42. The minimum absolute atomic E-state index is 0.287. The molecule has 0 aliphatic heterocycles. The van der Waals surface area contributed by atoms with Gasteiger partial charge >= 0.3 is 0 Å². The number of halogens is 1. The Hall–Kier alpha value is -2.99. The van der Waals surface area contributed by atoms with Crippen molar-refractivity contribution in [3.05, 3.63) is 76.3 Å². The number of rotatable bonds is 5. The Morgan fingerprint density at radius 1 is 1.12 bits per heavy atom. The van der Waals surface area contributed by atoms with Crippen LogP contribution >= 0.6 is 11.6 Å². The van der Waals surface area contributed by atoms with Crippen molar-refractivity contribution < 1.29 is 4.79 Å². The molecule has 0 spiro atoms. The molecule has 132 valence electrons. The van der Waals surface area contributed by atoms with Crippen LogP contribution in [0.3, 0.4) is 0 Å². The molecule has 2 N–H and O–H groups in total. The van der Waals surface area contributed by atoms with Gasteiger partial charge in [-0.15, -0.1) is 0 Å². The van der Waals surface area contributed by atoms with Gasteiger partial charge in [-0.05, 0) is 55.8 Å². The van der Waals surface area contributed by atoms with Gasteiger partial charge in [0.25, 0.3) is 5.91 Å². The van der Waals surface area contributed by atoms with E-state index in [0.29, 0.717) is 28.9 Å². The van der Waals surface area contributed by atoms with Crippen LogP contribution in [0, 0.1) is 13.8 Å². The average molecular weight is 368 g/mol. The molecule has 2 heterocycles. The van der Waals surface area contributed by atoms with Crippen LogP contribution in [0.1, 0.15) is 27.4 Å². The van der Waals surface area contributed by atoms with Crippen molar-refractivity contribution in [2.45, 2.75) is 20.4 Å². The summed E-state index contributed by atoms with van der Waals surface area (Å²) in [5, 5.41) is 6.58. The fourth-order valence-electron chi connectivity index (χ4n) is 2.39. The maximum atomic E-state index is 12.6. The maximum Gasteiger partial charge on any atom is 0.274 e. The summed E-state index contributed by atoms with van der Waals surface area (Å²) in [4.78, 5) is 25.4. The van der Waals surface area contributed by atoms with Crippen molar-refractivity contribution >= 4 is 29.1 Å². The number of benzene rings is 1. The Kier molecular flexibility index (Phi) is 5.43. The standard InChI is InChI=1S/C19H18ClN5O/c1-12-9-14(20)6-7-16(12)24-18(26)17-10-13(2)23-19(25-17)22-11-15-5-3-4-8-21-15/h3-10H,11H2,1-2H3,(H,24,26)(H,22,23,25). The van der Waals surface area contributed by atoms with E-state index >= 15 is 0 Å². The van der Waals surface area contributed by atoms with Crippen molar-refractivity contribution in [1.29, 1.82) is 0 Å². The molecule has 3 aromatic rings. The lowest BCUT2D eigenvalue weighted by Gasteiger charge is -2.10. The number of carbonyl (C=O) groups excluding carboxylic acids is 1. The van der Waals surface area contributed by atoms with Gasteiger partial charge in [0, 0.05) is 22.6 Å². The second-order valence-electron chi connectivity index (χ2n) is 5.81. The first-order chi connectivity index (χ1) is 12.5. The van der Waals surface area contributed by atoms with E-state index in [1.165, 1.54) is 0 Å². The highest BCUT2D eigenvalue weighted by molar-refractivity contribution is 6.30. The normalized spacial score (nSPS) is 10.4. The second kappa shape index (κ2) is 7.93. The van der Waals surface area contributed by atoms with Crippen molar-refractivity contribution in [2.24, 2.45) is 0 Å².